The van der Waals surface area contributed by atoms with Crippen molar-refractivity contribution in [3.63, 3.8) is 0 Å². The second kappa shape index (κ2) is 7.62. The molecule has 0 spiro atoms. The normalized spacial score (nSPS) is 11.7. The number of nitrogens with two attached hydrogens (primary N) is 1. The predicted octanol–water partition coefficient (Wildman–Crippen LogP) is 5.20. The van der Waals surface area contributed by atoms with Gasteiger partial charge in [0.1, 0.15) is 0 Å². The molecular weight excluding hydrogens is 316 g/mol. The fourth-order valence-corrected chi connectivity index (χ4v) is 2.94. The van der Waals surface area contributed by atoms with Crippen LogP contribution in [0.1, 0.15) is 20.8 Å². The van der Waals surface area contributed by atoms with Gasteiger partial charge in [0, 0.05) is 36.6 Å². The summed E-state index contributed by atoms with van der Waals surface area (Å²) in [5.74, 6) is 0. The maximum Gasteiger partial charge on any atom is 0.0878 e. The van der Waals surface area contributed by atoms with E-state index >= 15 is 0 Å². The zero-order valence-electron chi connectivity index (χ0n) is 15.0. The summed E-state index contributed by atoms with van der Waals surface area (Å²) in [6.45, 7) is 6.42. The summed E-state index contributed by atoms with van der Waals surface area (Å²) in [4.78, 5) is 5.78. The van der Waals surface area contributed by atoms with E-state index in [2.05, 4.69) is 59.7 Å². The van der Waals surface area contributed by atoms with Crippen molar-refractivity contribution in [3.05, 3.63) is 42.5 Å². The topological polar surface area (TPSA) is 53.6 Å². The molecule has 128 valence electrons. The Bertz CT molecular complexity index is 720. The number of nitrogen functional groups attached to an aromatic ring is 1. The Kier molecular flexibility index (Phi) is 5.78. The zero-order valence-corrected chi connectivity index (χ0v) is 15.8. The number of nitrogens with one attached hydrogen (secondary N) is 1. The predicted molar refractivity (Wildman–Crippen MR) is 109 cm³/mol. The third kappa shape index (κ3) is 5.20. The van der Waals surface area contributed by atoms with E-state index in [-0.39, 0.29) is 5.41 Å². The fraction of sp³-hybridized carbons (Fsp3) is 0.316. The molecule has 0 fully saturated rings. The fourth-order valence-electron chi connectivity index (χ4n) is 2.08. The summed E-state index contributed by atoms with van der Waals surface area (Å²) in [6.07, 6.45) is 1.98. The first kappa shape index (κ1) is 18.2. The van der Waals surface area contributed by atoms with E-state index in [4.69, 9.17) is 5.73 Å². The van der Waals surface area contributed by atoms with Crippen molar-refractivity contribution in [2.24, 2.45) is 10.4 Å². The van der Waals surface area contributed by atoms with Crippen LogP contribution in [0.5, 0.6) is 0 Å². The molecule has 24 heavy (non-hydrogen) atoms. The van der Waals surface area contributed by atoms with Crippen LogP contribution in [0.4, 0.5) is 22.7 Å². The number of benzene rings is 2. The second-order valence-electron chi connectivity index (χ2n) is 6.74. The molecule has 2 aromatic rings. The molecule has 2 rings (SSSR count). The Morgan fingerprint density at radius 3 is 2.54 bits per heavy atom. The number of anilines is 3. The number of rotatable bonds is 5. The number of nitrogens with zero attached hydrogens (tertiary/aromatic N) is 2. The van der Waals surface area contributed by atoms with E-state index in [1.165, 1.54) is 0 Å². The van der Waals surface area contributed by atoms with E-state index in [0.717, 1.165) is 27.6 Å². The minimum atomic E-state index is 0.0449. The van der Waals surface area contributed by atoms with Crippen molar-refractivity contribution in [2.75, 3.05) is 29.5 Å². The maximum atomic E-state index is 5.86. The highest BCUT2D eigenvalue weighted by atomic mass is 32.2. The van der Waals surface area contributed by atoms with Crippen LogP contribution in [-0.2, 0) is 0 Å². The van der Waals surface area contributed by atoms with Crippen molar-refractivity contribution < 1.29 is 0 Å². The summed E-state index contributed by atoms with van der Waals surface area (Å²) in [6, 6.07) is 14.1. The first-order chi connectivity index (χ1) is 11.3. The maximum absolute atomic E-state index is 5.86. The molecule has 0 aromatic heterocycles. The molecule has 5 heteroatoms. The quantitative estimate of drug-likeness (QED) is 0.445. The standard InChI is InChI=1S/C19H26N4S/c1-19(2,3)13-22-18-12-15(9-10-17(18)21-4)23(5)24-16-8-6-7-14(20)11-16/h6-13,21H,20H2,1-5H3. The van der Waals surface area contributed by atoms with Gasteiger partial charge in [-0.2, -0.15) is 0 Å². The molecule has 0 aliphatic rings. The largest absolute Gasteiger partial charge is 0.399 e. The SMILES string of the molecule is CNc1ccc(N(C)Sc2cccc(N)c2)cc1N=CC(C)(C)C. The third-order valence-corrected chi connectivity index (χ3v) is 4.26. The highest BCUT2D eigenvalue weighted by molar-refractivity contribution is 8.00. The Morgan fingerprint density at radius 2 is 1.92 bits per heavy atom. The van der Waals surface area contributed by atoms with Crippen molar-refractivity contribution in [3.8, 4) is 0 Å². The lowest BCUT2D eigenvalue weighted by Gasteiger charge is -2.19. The van der Waals surface area contributed by atoms with Crippen molar-refractivity contribution in [2.45, 2.75) is 25.7 Å². The summed E-state index contributed by atoms with van der Waals surface area (Å²) >= 11 is 1.64. The zero-order chi connectivity index (χ0) is 17.7. The Labute approximate surface area is 149 Å². The lowest BCUT2D eigenvalue weighted by Crippen LogP contribution is -2.07. The first-order valence-corrected chi connectivity index (χ1v) is 8.70. The third-order valence-electron chi connectivity index (χ3n) is 3.31. The van der Waals surface area contributed by atoms with E-state index < -0.39 is 0 Å². The summed E-state index contributed by atoms with van der Waals surface area (Å²) in [5, 5.41) is 3.20. The molecule has 0 aliphatic carbocycles. The molecule has 0 heterocycles. The van der Waals surface area contributed by atoms with Gasteiger partial charge >= 0.3 is 0 Å². The van der Waals surface area contributed by atoms with Gasteiger partial charge in [-0.1, -0.05) is 26.8 Å². The van der Waals surface area contributed by atoms with Gasteiger partial charge < -0.3 is 15.4 Å². The minimum Gasteiger partial charge on any atom is -0.399 e. The second-order valence-corrected chi connectivity index (χ2v) is 7.94. The monoisotopic (exact) mass is 342 g/mol. The van der Waals surface area contributed by atoms with Crippen LogP contribution in [0, 0.1) is 5.41 Å². The molecule has 0 saturated carbocycles. The van der Waals surface area contributed by atoms with Gasteiger partial charge in [0.2, 0.25) is 0 Å². The van der Waals surface area contributed by atoms with Crippen molar-refractivity contribution in [1.82, 2.24) is 0 Å². The summed E-state index contributed by atoms with van der Waals surface area (Å²) in [5.41, 5.74) is 9.71. The Balaban J connectivity index is 2.25. The summed E-state index contributed by atoms with van der Waals surface area (Å²) in [7, 11) is 3.95. The van der Waals surface area contributed by atoms with Crippen LogP contribution in [0.25, 0.3) is 0 Å². The first-order valence-electron chi connectivity index (χ1n) is 7.93. The molecule has 0 unspecified atom stereocenters. The van der Waals surface area contributed by atoms with E-state index in [1.807, 2.05) is 38.5 Å². The minimum absolute atomic E-state index is 0.0449. The molecule has 2 aromatic carbocycles. The summed E-state index contributed by atoms with van der Waals surface area (Å²) < 4.78 is 2.12. The highest BCUT2D eigenvalue weighted by Gasteiger charge is 2.10. The van der Waals surface area contributed by atoms with Crippen molar-refractivity contribution in [1.29, 1.82) is 0 Å². The van der Waals surface area contributed by atoms with Crippen LogP contribution < -0.4 is 15.4 Å². The molecule has 3 N–H and O–H groups in total. The molecule has 0 aliphatic heterocycles. The van der Waals surface area contributed by atoms with Gasteiger partial charge in [-0.15, -0.1) is 0 Å². The molecule has 0 radical (unpaired) electrons. The molecular formula is C19H26N4S. The molecule has 0 bridgehead atoms. The van der Waals surface area contributed by atoms with Gasteiger partial charge in [-0.05, 0) is 53.8 Å². The smallest absolute Gasteiger partial charge is 0.0878 e. The Morgan fingerprint density at radius 1 is 1.17 bits per heavy atom. The van der Waals surface area contributed by atoms with Gasteiger partial charge in [-0.25, -0.2) is 0 Å². The average Bonchev–Trinajstić information content (AvgIpc) is 2.52. The molecule has 0 amide bonds. The lowest BCUT2D eigenvalue weighted by molar-refractivity contribution is 0.607. The highest BCUT2D eigenvalue weighted by Crippen LogP contribution is 2.34. The van der Waals surface area contributed by atoms with Crippen LogP contribution in [0.3, 0.4) is 0 Å². The Hall–Kier alpha value is -2.14. The van der Waals surface area contributed by atoms with Crippen LogP contribution in [0.15, 0.2) is 52.4 Å². The van der Waals surface area contributed by atoms with Crippen molar-refractivity contribution >= 4 is 40.9 Å². The van der Waals surface area contributed by atoms with E-state index in [9.17, 15) is 0 Å². The number of hydrogen-bond acceptors (Lipinski definition) is 5. The average molecular weight is 343 g/mol. The lowest BCUT2D eigenvalue weighted by atomic mass is 9.99. The van der Waals surface area contributed by atoms with Gasteiger partial charge in [0.25, 0.3) is 0 Å². The number of aliphatic imine (C=N–C) groups is 1. The van der Waals surface area contributed by atoms with E-state index in [1.54, 1.807) is 11.9 Å². The van der Waals surface area contributed by atoms with E-state index in [0.29, 0.717) is 0 Å². The number of hydrogen-bond donors (Lipinski definition) is 2. The van der Waals surface area contributed by atoms with Crippen LogP contribution in [0.2, 0.25) is 0 Å². The van der Waals surface area contributed by atoms with Gasteiger partial charge in [0.15, 0.2) is 0 Å². The van der Waals surface area contributed by atoms with Crippen LogP contribution in [-0.4, -0.2) is 20.3 Å². The molecule has 4 nitrogen and oxygen atoms in total. The van der Waals surface area contributed by atoms with Gasteiger partial charge in [0.05, 0.1) is 11.4 Å². The van der Waals surface area contributed by atoms with Gasteiger partial charge in [-0.3, -0.25) is 4.99 Å². The molecule has 0 saturated heterocycles. The van der Waals surface area contributed by atoms with Crippen LogP contribution >= 0.6 is 11.9 Å². The molecule has 0 atom stereocenters.